The number of hydrogen-bond acceptors (Lipinski definition) is 5. The van der Waals surface area contributed by atoms with Crippen LogP contribution in [0.2, 0.25) is 0 Å². The molecule has 9 heteroatoms. The van der Waals surface area contributed by atoms with E-state index in [4.69, 9.17) is 0 Å². The van der Waals surface area contributed by atoms with Crippen molar-refractivity contribution in [3.05, 3.63) is 29.3 Å². The van der Waals surface area contributed by atoms with Crippen LogP contribution in [0.15, 0.2) is 18.2 Å². The van der Waals surface area contributed by atoms with Crippen LogP contribution in [0.1, 0.15) is 54.9 Å². The lowest BCUT2D eigenvalue weighted by molar-refractivity contribution is -0.133. The average Bonchev–Trinajstić information content (AvgIpc) is 2.93. The topological polar surface area (TPSA) is 104 Å². The first kappa shape index (κ1) is 20.8. The minimum atomic E-state index is -3.38. The van der Waals surface area contributed by atoms with Crippen molar-refractivity contribution in [2.24, 2.45) is 5.92 Å². The highest BCUT2D eigenvalue weighted by molar-refractivity contribution is 7.92. The standard InChI is InChI=1S/C21H27N3O5S/c1-14-6-3-4-10-21(14)19(26)23(20(27)22-21)13-18(25)16-8-9-17-15(12-16)7-5-11-24(17)30(2,28)29/h8-9,12,14H,3-7,10-11,13H2,1-2H3,(H,22,27)/t14-,21-/m1/s1. The number of urea groups is 1. The second kappa shape index (κ2) is 7.37. The summed E-state index contributed by atoms with van der Waals surface area (Å²) in [5, 5.41) is 2.86. The van der Waals surface area contributed by atoms with Crippen molar-refractivity contribution in [3.63, 3.8) is 0 Å². The molecular weight excluding hydrogens is 406 g/mol. The van der Waals surface area contributed by atoms with Crippen molar-refractivity contribution < 1.29 is 22.8 Å². The first-order valence-corrected chi connectivity index (χ1v) is 12.3. The van der Waals surface area contributed by atoms with Gasteiger partial charge in [0.1, 0.15) is 5.54 Å². The lowest BCUT2D eigenvalue weighted by atomic mass is 9.73. The van der Waals surface area contributed by atoms with Crippen LogP contribution < -0.4 is 9.62 Å². The largest absolute Gasteiger partial charge is 0.325 e. The molecule has 1 aliphatic carbocycles. The van der Waals surface area contributed by atoms with Crippen molar-refractivity contribution in [1.82, 2.24) is 10.2 Å². The van der Waals surface area contributed by atoms with Gasteiger partial charge >= 0.3 is 6.03 Å². The number of anilines is 1. The summed E-state index contributed by atoms with van der Waals surface area (Å²) in [7, 11) is -3.38. The number of fused-ring (bicyclic) bond motifs is 1. The number of ketones is 1. The number of nitrogens with one attached hydrogen (secondary N) is 1. The molecule has 0 unspecified atom stereocenters. The Labute approximate surface area is 176 Å². The molecular formula is C21H27N3O5S. The summed E-state index contributed by atoms with van der Waals surface area (Å²) in [6.45, 7) is 2.08. The number of benzene rings is 1. The third-order valence-corrected chi connectivity index (χ3v) is 7.86. The van der Waals surface area contributed by atoms with Crippen LogP contribution in [-0.2, 0) is 21.2 Å². The highest BCUT2D eigenvalue weighted by Gasteiger charge is 2.55. The van der Waals surface area contributed by atoms with Crippen LogP contribution in [0, 0.1) is 5.92 Å². The van der Waals surface area contributed by atoms with Crippen molar-refractivity contribution in [2.75, 3.05) is 23.7 Å². The quantitative estimate of drug-likeness (QED) is 0.578. The first-order chi connectivity index (χ1) is 14.1. The van der Waals surface area contributed by atoms with Gasteiger partial charge in [-0.15, -0.1) is 0 Å². The molecule has 2 heterocycles. The molecule has 1 aromatic carbocycles. The number of aryl methyl sites for hydroxylation is 1. The fourth-order valence-electron chi connectivity index (χ4n) is 4.95. The molecule has 0 radical (unpaired) electrons. The zero-order valence-electron chi connectivity index (χ0n) is 17.3. The number of Topliss-reactive ketones (excluding diaryl/α,β-unsaturated/α-hetero) is 1. The molecule has 0 aromatic heterocycles. The number of sulfonamides is 1. The molecule has 2 aliphatic heterocycles. The smallest absolute Gasteiger partial charge is 0.323 e. The average molecular weight is 434 g/mol. The number of imide groups is 1. The Morgan fingerprint density at radius 3 is 2.70 bits per heavy atom. The van der Waals surface area contributed by atoms with E-state index in [-0.39, 0.29) is 24.2 Å². The summed E-state index contributed by atoms with van der Waals surface area (Å²) in [6.07, 6.45) is 5.89. The summed E-state index contributed by atoms with van der Waals surface area (Å²) >= 11 is 0. The van der Waals surface area contributed by atoms with Gasteiger partial charge in [0.2, 0.25) is 10.0 Å². The van der Waals surface area contributed by atoms with Gasteiger partial charge in [0.25, 0.3) is 5.91 Å². The molecule has 3 amide bonds. The molecule has 162 valence electrons. The Hall–Kier alpha value is -2.42. The monoisotopic (exact) mass is 433 g/mol. The maximum absolute atomic E-state index is 13.1. The first-order valence-electron chi connectivity index (χ1n) is 10.4. The van der Waals surface area contributed by atoms with Gasteiger partial charge in [-0.3, -0.25) is 18.8 Å². The Morgan fingerprint density at radius 1 is 1.23 bits per heavy atom. The highest BCUT2D eigenvalue weighted by Crippen LogP contribution is 2.38. The van der Waals surface area contributed by atoms with E-state index in [2.05, 4.69) is 5.32 Å². The zero-order chi connectivity index (χ0) is 21.7. The highest BCUT2D eigenvalue weighted by atomic mass is 32.2. The van der Waals surface area contributed by atoms with E-state index in [9.17, 15) is 22.8 Å². The molecule has 0 bridgehead atoms. The fourth-order valence-corrected chi connectivity index (χ4v) is 5.95. The Balaban J connectivity index is 1.55. The lowest BCUT2D eigenvalue weighted by Crippen LogP contribution is -2.54. The second-order valence-electron chi connectivity index (χ2n) is 8.64. The summed E-state index contributed by atoms with van der Waals surface area (Å²) in [5.74, 6) is -0.610. The minimum Gasteiger partial charge on any atom is -0.323 e. The Bertz CT molecular complexity index is 1020. The Kier molecular flexibility index (Phi) is 5.12. The molecule has 2 atom stereocenters. The summed E-state index contributed by atoms with van der Waals surface area (Å²) in [5.41, 5.74) is 0.862. The number of hydrogen-bond donors (Lipinski definition) is 1. The van der Waals surface area contributed by atoms with Crippen molar-refractivity contribution in [3.8, 4) is 0 Å². The van der Waals surface area contributed by atoms with Crippen molar-refractivity contribution >= 4 is 33.4 Å². The van der Waals surface area contributed by atoms with Gasteiger partial charge < -0.3 is 5.32 Å². The van der Waals surface area contributed by atoms with Gasteiger partial charge in [0.15, 0.2) is 5.78 Å². The predicted molar refractivity (Wildman–Crippen MR) is 112 cm³/mol. The molecule has 1 spiro atoms. The molecule has 2 fully saturated rings. The molecule has 30 heavy (non-hydrogen) atoms. The van der Waals surface area contributed by atoms with Crippen LogP contribution in [-0.4, -0.2) is 55.9 Å². The molecule has 8 nitrogen and oxygen atoms in total. The number of amides is 3. The minimum absolute atomic E-state index is 0.0357. The van der Waals surface area contributed by atoms with E-state index in [0.29, 0.717) is 37.1 Å². The number of nitrogens with zero attached hydrogens (tertiary/aromatic N) is 2. The van der Waals surface area contributed by atoms with Crippen LogP contribution in [0.5, 0.6) is 0 Å². The summed E-state index contributed by atoms with van der Waals surface area (Å²) in [6, 6.07) is 4.39. The molecule has 1 saturated heterocycles. The molecule has 3 aliphatic rings. The molecule has 4 rings (SSSR count). The van der Waals surface area contributed by atoms with Gasteiger partial charge in [-0.25, -0.2) is 13.2 Å². The van der Waals surface area contributed by atoms with E-state index < -0.39 is 21.6 Å². The van der Waals surface area contributed by atoms with Gasteiger partial charge in [0.05, 0.1) is 18.5 Å². The normalized spacial score (nSPS) is 26.7. The van der Waals surface area contributed by atoms with Crippen molar-refractivity contribution in [2.45, 2.75) is 51.0 Å². The fraction of sp³-hybridized carbons (Fsp3) is 0.571. The van der Waals surface area contributed by atoms with Gasteiger partial charge in [0, 0.05) is 12.1 Å². The molecule has 1 saturated carbocycles. The van der Waals surface area contributed by atoms with E-state index in [1.54, 1.807) is 18.2 Å². The SMILES string of the molecule is C[C@@H]1CCCC[C@@]12NC(=O)N(CC(=O)c1ccc3c(c1)CCCN3S(C)(=O)=O)C2=O. The van der Waals surface area contributed by atoms with Crippen LogP contribution >= 0.6 is 0 Å². The van der Waals surface area contributed by atoms with E-state index >= 15 is 0 Å². The summed E-state index contributed by atoms with van der Waals surface area (Å²) in [4.78, 5) is 39.5. The third kappa shape index (κ3) is 3.38. The maximum atomic E-state index is 13.1. The van der Waals surface area contributed by atoms with E-state index in [1.807, 2.05) is 6.92 Å². The second-order valence-corrected chi connectivity index (χ2v) is 10.6. The zero-order valence-corrected chi connectivity index (χ0v) is 18.1. The van der Waals surface area contributed by atoms with Crippen LogP contribution in [0.4, 0.5) is 10.5 Å². The van der Waals surface area contributed by atoms with E-state index in [0.717, 1.165) is 29.7 Å². The van der Waals surface area contributed by atoms with Gasteiger partial charge in [-0.2, -0.15) is 0 Å². The van der Waals surface area contributed by atoms with E-state index in [1.165, 1.54) is 10.6 Å². The third-order valence-electron chi connectivity index (χ3n) is 6.68. The predicted octanol–water partition coefficient (Wildman–Crippen LogP) is 2.08. The van der Waals surface area contributed by atoms with Crippen LogP contribution in [0.3, 0.4) is 0 Å². The number of carbonyl (C=O) groups is 3. The van der Waals surface area contributed by atoms with Crippen molar-refractivity contribution in [1.29, 1.82) is 0 Å². The number of rotatable bonds is 4. The van der Waals surface area contributed by atoms with Gasteiger partial charge in [-0.1, -0.05) is 19.8 Å². The summed E-state index contributed by atoms with van der Waals surface area (Å²) < 4.78 is 25.4. The Morgan fingerprint density at radius 2 is 2.00 bits per heavy atom. The number of carbonyl (C=O) groups excluding carboxylic acids is 3. The van der Waals surface area contributed by atoms with Crippen LogP contribution in [0.25, 0.3) is 0 Å². The lowest BCUT2D eigenvalue weighted by Gasteiger charge is -2.36. The molecule has 1 N–H and O–H groups in total. The molecule has 1 aromatic rings. The van der Waals surface area contributed by atoms with Gasteiger partial charge in [-0.05, 0) is 55.4 Å². The maximum Gasteiger partial charge on any atom is 0.325 e.